The summed E-state index contributed by atoms with van der Waals surface area (Å²) in [6.45, 7) is -1.76. The number of rotatable bonds is 8. The number of benzene rings is 1. The minimum Gasteiger partial charge on any atom is -0.480 e. The number of hydrogen-bond donors (Lipinski definition) is 3. The molecular weight excluding hydrogens is 598 g/mol. The van der Waals surface area contributed by atoms with Crippen LogP contribution in [0.5, 0.6) is 0 Å². The van der Waals surface area contributed by atoms with Gasteiger partial charge in [0.1, 0.15) is 22.4 Å². The summed E-state index contributed by atoms with van der Waals surface area (Å²) in [7, 11) is 0. The first-order valence-corrected chi connectivity index (χ1v) is 12.3. The Bertz CT molecular complexity index is 1340. The first-order valence-electron chi connectivity index (χ1n) is 10.3. The number of nitrogens with zero attached hydrogens (tertiary/aromatic N) is 2. The van der Waals surface area contributed by atoms with Crippen LogP contribution in [0.15, 0.2) is 29.3 Å². The molecule has 2 aromatic rings. The van der Waals surface area contributed by atoms with Crippen molar-refractivity contribution in [2.24, 2.45) is 0 Å². The van der Waals surface area contributed by atoms with Crippen molar-refractivity contribution >= 4 is 69.4 Å². The average molecular weight is 613 g/mol. The van der Waals surface area contributed by atoms with E-state index in [1.165, 1.54) is 6.08 Å². The molecule has 0 unspecified atom stereocenters. The summed E-state index contributed by atoms with van der Waals surface area (Å²) >= 11 is 6.62. The Morgan fingerprint density at radius 2 is 1.59 bits per heavy atom. The number of aliphatic carboxylic acids is 1. The Morgan fingerprint density at radius 3 is 2.15 bits per heavy atom. The average Bonchev–Trinajstić information content (AvgIpc) is 3.40. The normalized spacial score (nSPS) is 15.1. The van der Waals surface area contributed by atoms with Crippen LogP contribution in [0.3, 0.4) is 0 Å². The molecule has 1 fully saturated rings. The zero-order chi connectivity index (χ0) is 29.1. The quantitative estimate of drug-likeness (QED) is 0.235. The predicted octanol–water partition coefficient (Wildman–Crippen LogP) is 3.37. The zero-order valence-electron chi connectivity index (χ0n) is 19.0. The number of carbonyl (C=O) groups is 4. The molecule has 208 valence electrons. The summed E-state index contributed by atoms with van der Waals surface area (Å²) in [6.07, 6.45) is -7.63. The smallest absolute Gasteiger partial charge is 0.416 e. The number of carboxylic acid groups (broad SMARTS) is 1. The maximum atomic E-state index is 13.2. The van der Waals surface area contributed by atoms with Gasteiger partial charge in [0.2, 0.25) is 11.8 Å². The van der Waals surface area contributed by atoms with E-state index < -0.39 is 72.4 Å². The molecule has 0 bridgehead atoms. The molecular formula is C21H14F6N4O5S3. The minimum absolute atomic E-state index is 0.00197. The van der Waals surface area contributed by atoms with Gasteiger partial charge in [-0.05, 0) is 24.3 Å². The number of carbonyl (C=O) groups excluding carboxylic acids is 3. The van der Waals surface area contributed by atoms with Crippen molar-refractivity contribution in [1.82, 2.24) is 20.5 Å². The van der Waals surface area contributed by atoms with Crippen molar-refractivity contribution < 1.29 is 50.6 Å². The molecule has 1 aromatic carbocycles. The second-order valence-electron chi connectivity index (χ2n) is 7.58. The summed E-state index contributed by atoms with van der Waals surface area (Å²) in [5.74, 6) is -3.54. The van der Waals surface area contributed by atoms with Crippen LogP contribution in [-0.4, -0.2) is 62.6 Å². The molecule has 18 heteroatoms. The highest BCUT2D eigenvalue weighted by atomic mass is 32.2. The van der Waals surface area contributed by atoms with Crippen LogP contribution in [0, 0.1) is 0 Å². The number of thioether (sulfide) groups is 1. The highest BCUT2D eigenvalue weighted by Gasteiger charge is 2.37. The van der Waals surface area contributed by atoms with Gasteiger partial charge in [0, 0.05) is 16.6 Å². The van der Waals surface area contributed by atoms with Gasteiger partial charge in [-0.1, -0.05) is 24.0 Å². The van der Waals surface area contributed by atoms with Crippen molar-refractivity contribution in [1.29, 1.82) is 0 Å². The van der Waals surface area contributed by atoms with E-state index >= 15 is 0 Å². The molecule has 0 radical (unpaired) electrons. The Morgan fingerprint density at radius 1 is 1.00 bits per heavy atom. The molecule has 39 heavy (non-hydrogen) atoms. The molecule has 0 atom stereocenters. The molecule has 2 heterocycles. The third kappa shape index (κ3) is 7.99. The Balaban J connectivity index is 1.73. The number of aromatic nitrogens is 1. The number of alkyl halides is 6. The van der Waals surface area contributed by atoms with Gasteiger partial charge in [-0.15, -0.1) is 11.3 Å². The van der Waals surface area contributed by atoms with Gasteiger partial charge >= 0.3 is 18.3 Å². The number of halogens is 6. The number of amides is 3. The maximum absolute atomic E-state index is 13.2. The number of thiocarbonyl (C=S) groups is 1. The lowest BCUT2D eigenvalue weighted by Gasteiger charge is -2.14. The summed E-state index contributed by atoms with van der Waals surface area (Å²) in [4.78, 5) is 51.8. The fraction of sp³-hybridized carbons (Fsp3) is 0.238. The van der Waals surface area contributed by atoms with E-state index in [0.717, 1.165) is 34.2 Å². The molecule has 1 aliphatic rings. The summed E-state index contributed by atoms with van der Waals surface area (Å²) in [5, 5.41) is 12.6. The fourth-order valence-electron chi connectivity index (χ4n) is 2.95. The Hall–Kier alpha value is -3.51. The van der Waals surface area contributed by atoms with Crippen LogP contribution in [0.2, 0.25) is 0 Å². The van der Waals surface area contributed by atoms with Gasteiger partial charge in [0.05, 0.1) is 22.6 Å². The molecule has 0 saturated carbocycles. The first kappa shape index (κ1) is 30.0. The third-order valence-corrected chi connectivity index (χ3v) is 7.06. The highest BCUT2D eigenvalue weighted by molar-refractivity contribution is 8.26. The molecule has 3 rings (SSSR count). The lowest BCUT2D eigenvalue weighted by molar-refractivity contribution is -0.143. The second-order valence-corrected chi connectivity index (χ2v) is 10.3. The molecule has 1 aliphatic heterocycles. The molecule has 3 N–H and O–H groups in total. The predicted molar refractivity (Wildman–Crippen MR) is 131 cm³/mol. The third-order valence-electron chi connectivity index (χ3n) is 4.69. The lowest BCUT2D eigenvalue weighted by Crippen LogP contribution is -2.44. The highest BCUT2D eigenvalue weighted by Crippen LogP contribution is 2.40. The van der Waals surface area contributed by atoms with Gasteiger partial charge in [0.15, 0.2) is 0 Å². The molecule has 3 amide bonds. The van der Waals surface area contributed by atoms with Crippen molar-refractivity contribution in [2.45, 2.75) is 12.4 Å². The Labute approximate surface area is 228 Å². The fourth-order valence-corrected chi connectivity index (χ4v) is 5.11. The lowest BCUT2D eigenvalue weighted by atomic mass is 10.1. The van der Waals surface area contributed by atoms with Gasteiger partial charge in [-0.3, -0.25) is 24.1 Å². The van der Waals surface area contributed by atoms with Gasteiger partial charge in [0.25, 0.3) is 5.91 Å². The van der Waals surface area contributed by atoms with Crippen LogP contribution >= 0.6 is 35.3 Å². The van der Waals surface area contributed by atoms with Gasteiger partial charge < -0.3 is 15.7 Å². The van der Waals surface area contributed by atoms with Crippen LogP contribution in [0.1, 0.15) is 16.0 Å². The van der Waals surface area contributed by atoms with E-state index in [9.17, 15) is 45.5 Å². The van der Waals surface area contributed by atoms with E-state index in [1.54, 1.807) is 0 Å². The van der Waals surface area contributed by atoms with E-state index in [-0.39, 0.29) is 25.2 Å². The standard InChI is InChI=1S/C21H14F6N4O5S3/c22-20(23,24)10-1-9(2-11(3-10)21(25,26)27)17-30-5-12(38-17)4-13-18(36)31(19(37)39-13)8-15(33)28-6-14(32)29-7-16(34)35/h1-5H,6-8H2,(H,28,33)(H,29,32)(H,34,35)/b13-4-. The molecule has 1 saturated heterocycles. The number of nitrogens with one attached hydrogen (secondary N) is 2. The molecule has 0 spiro atoms. The van der Waals surface area contributed by atoms with Crippen LogP contribution in [-0.2, 0) is 31.5 Å². The zero-order valence-corrected chi connectivity index (χ0v) is 21.4. The van der Waals surface area contributed by atoms with Crippen molar-refractivity contribution in [2.75, 3.05) is 19.6 Å². The topological polar surface area (TPSA) is 129 Å². The summed E-state index contributed by atoms with van der Waals surface area (Å²) < 4.78 is 79.0. The number of carboxylic acids is 1. The molecule has 0 aliphatic carbocycles. The second kappa shape index (κ2) is 11.7. The van der Waals surface area contributed by atoms with Crippen molar-refractivity contribution in [3.8, 4) is 10.6 Å². The van der Waals surface area contributed by atoms with E-state index in [1.807, 2.05) is 5.32 Å². The molecule has 9 nitrogen and oxygen atoms in total. The van der Waals surface area contributed by atoms with E-state index in [4.69, 9.17) is 17.3 Å². The number of thiazole rings is 1. The van der Waals surface area contributed by atoms with Crippen LogP contribution in [0.25, 0.3) is 16.6 Å². The first-order chi connectivity index (χ1) is 18.0. The largest absolute Gasteiger partial charge is 0.480 e. The summed E-state index contributed by atoms with van der Waals surface area (Å²) in [6, 6.07) is 1.08. The van der Waals surface area contributed by atoms with Crippen molar-refractivity contribution in [3.05, 3.63) is 45.3 Å². The monoisotopic (exact) mass is 612 g/mol. The SMILES string of the molecule is O=C(O)CNC(=O)CNC(=O)CN1C(=O)/C(=C/c2cnc(-c3cc(C(F)(F)F)cc(C(F)(F)F)c3)s2)SC1=S. The Kier molecular flexibility index (Phi) is 9.01. The van der Waals surface area contributed by atoms with Crippen molar-refractivity contribution in [3.63, 3.8) is 0 Å². The van der Waals surface area contributed by atoms with E-state index in [0.29, 0.717) is 12.1 Å². The van der Waals surface area contributed by atoms with Gasteiger partial charge in [-0.25, -0.2) is 4.98 Å². The van der Waals surface area contributed by atoms with Crippen LogP contribution < -0.4 is 10.6 Å². The summed E-state index contributed by atoms with van der Waals surface area (Å²) in [5.41, 5.74) is -3.41. The van der Waals surface area contributed by atoms with E-state index in [2.05, 4.69) is 10.3 Å². The van der Waals surface area contributed by atoms with Crippen LogP contribution in [0.4, 0.5) is 26.3 Å². The van der Waals surface area contributed by atoms with Gasteiger partial charge in [-0.2, -0.15) is 26.3 Å². The maximum Gasteiger partial charge on any atom is 0.416 e. The minimum atomic E-state index is -5.03. The molecule has 1 aromatic heterocycles. The number of hydrogen-bond acceptors (Lipinski definition) is 8.